The molecule has 0 unspecified atom stereocenters. The van der Waals surface area contributed by atoms with Crippen molar-refractivity contribution in [3.8, 4) is 0 Å². The second kappa shape index (κ2) is 10.2. The van der Waals surface area contributed by atoms with Gasteiger partial charge in [0.05, 0.1) is 18.6 Å². The van der Waals surface area contributed by atoms with E-state index in [0.29, 0.717) is 25.3 Å². The minimum Gasteiger partial charge on any atom is -0.383 e. The molecular weight excluding hydrogens is 420 g/mol. The molecule has 8 heteroatoms. The number of hydrogen-bond donors (Lipinski definition) is 0. The quantitative estimate of drug-likeness (QED) is 0.567. The standard InChI is InChI=1S/C25H30N4O4/c1-33-15-14-27-10-12-28(13-11-27)22(30)16-25(21-7-3-2-4-8-21)17-23(31)29(24(25)32)19-20-6-5-9-26-18-20/h2-9,18H,10-17,19H2,1H3/t25-/m1/s1. The molecule has 2 saturated heterocycles. The van der Waals surface area contributed by atoms with Gasteiger partial charge < -0.3 is 9.64 Å². The van der Waals surface area contributed by atoms with Crippen LogP contribution in [0.5, 0.6) is 0 Å². The normalized spacial score (nSPS) is 21.6. The zero-order valence-electron chi connectivity index (χ0n) is 19.0. The van der Waals surface area contributed by atoms with Gasteiger partial charge in [0.1, 0.15) is 0 Å². The third kappa shape index (κ3) is 4.96. The van der Waals surface area contributed by atoms with Crippen LogP contribution in [0.3, 0.4) is 0 Å². The first kappa shape index (κ1) is 23.1. The monoisotopic (exact) mass is 450 g/mol. The van der Waals surface area contributed by atoms with E-state index in [-0.39, 0.29) is 37.1 Å². The average molecular weight is 451 g/mol. The van der Waals surface area contributed by atoms with Crippen molar-refractivity contribution in [1.29, 1.82) is 0 Å². The number of nitrogens with zero attached hydrogens (tertiary/aromatic N) is 4. The number of methoxy groups -OCH3 is 1. The summed E-state index contributed by atoms with van der Waals surface area (Å²) in [6.07, 6.45) is 3.29. The first-order chi connectivity index (χ1) is 16.0. The van der Waals surface area contributed by atoms with E-state index in [4.69, 9.17) is 4.74 Å². The maximum absolute atomic E-state index is 13.7. The van der Waals surface area contributed by atoms with E-state index >= 15 is 0 Å². The van der Waals surface area contributed by atoms with Crippen molar-refractivity contribution in [2.24, 2.45) is 0 Å². The molecule has 2 fully saturated rings. The molecule has 3 heterocycles. The molecule has 0 N–H and O–H groups in total. The summed E-state index contributed by atoms with van der Waals surface area (Å²) in [7, 11) is 1.68. The fraction of sp³-hybridized carbons (Fsp3) is 0.440. The van der Waals surface area contributed by atoms with Crippen molar-refractivity contribution in [3.05, 3.63) is 66.0 Å². The zero-order chi connectivity index (χ0) is 23.3. The van der Waals surface area contributed by atoms with E-state index in [1.807, 2.05) is 41.3 Å². The Morgan fingerprint density at radius 1 is 1.06 bits per heavy atom. The first-order valence-corrected chi connectivity index (χ1v) is 11.3. The minimum absolute atomic E-state index is 0.00431. The van der Waals surface area contributed by atoms with Crippen molar-refractivity contribution in [2.75, 3.05) is 46.4 Å². The first-order valence-electron chi connectivity index (χ1n) is 11.3. The van der Waals surface area contributed by atoms with Crippen LogP contribution in [0.1, 0.15) is 24.0 Å². The van der Waals surface area contributed by atoms with Crippen molar-refractivity contribution >= 4 is 17.7 Å². The number of benzene rings is 1. The van der Waals surface area contributed by atoms with Crippen LogP contribution in [-0.2, 0) is 31.1 Å². The van der Waals surface area contributed by atoms with E-state index in [1.54, 1.807) is 25.6 Å². The van der Waals surface area contributed by atoms with E-state index < -0.39 is 5.41 Å². The lowest BCUT2D eigenvalue weighted by atomic mass is 9.75. The molecule has 0 aliphatic carbocycles. The Hall–Kier alpha value is -3.10. The molecule has 1 aromatic carbocycles. The Labute approximate surface area is 194 Å². The number of aromatic nitrogens is 1. The van der Waals surface area contributed by atoms with Gasteiger partial charge in [0, 0.05) is 65.1 Å². The number of rotatable bonds is 8. The maximum atomic E-state index is 13.7. The summed E-state index contributed by atoms with van der Waals surface area (Å²) >= 11 is 0. The van der Waals surface area contributed by atoms with Gasteiger partial charge in [-0.05, 0) is 17.2 Å². The molecule has 4 rings (SSSR count). The Morgan fingerprint density at radius 2 is 1.82 bits per heavy atom. The predicted octanol–water partition coefficient (Wildman–Crippen LogP) is 1.46. The third-order valence-corrected chi connectivity index (χ3v) is 6.59. The number of hydrogen-bond acceptors (Lipinski definition) is 6. The summed E-state index contributed by atoms with van der Waals surface area (Å²) < 4.78 is 5.14. The number of carbonyl (C=O) groups excluding carboxylic acids is 3. The molecule has 3 amide bonds. The number of pyridine rings is 1. The van der Waals surface area contributed by atoms with Crippen molar-refractivity contribution in [1.82, 2.24) is 19.7 Å². The Kier molecular flexibility index (Phi) is 7.15. The minimum atomic E-state index is -1.18. The van der Waals surface area contributed by atoms with E-state index in [0.717, 1.165) is 25.2 Å². The highest BCUT2D eigenvalue weighted by molar-refractivity contribution is 6.10. The van der Waals surface area contributed by atoms with Gasteiger partial charge in [-0.3, -0.25) is 29.2 Å². The summed E-state index contributed by atoms with van der Waals surface area (Å²) in [6, 6.07) is 12.9. The van der Waals surface area contributed by atoms with E-state index in [9.17, 15) is 14.4 Å². The van der Waals surface area contributed by atoms with E-state index in [2.05, 4.69) is 9.88 Å². The lowest BCUT2D eigenvalue weighted by Crippen LogP contribution is -2.51. The van der Waals surface area contributed by atoms with Crippen LogP contribution in [0.4, 0.5) is 0 Å². The molecule has 174 valence electrons. The van der Waals surface area contributed by atoms with Crippen LogP contribution in [0.25, 0.3) is 0 Å². The highest BCUT2D eigenvalue weighted by atomic mass is 16.5. The summed E-state index contributed by atoms with van der Waals surface area (Å²) in [6.45, 7) is 4.41. The van der Waals surface area contributed by atoms with Gasteiger partial charge in [0.25, 0.3) is 0 Å². The average Bonchev–Trinajstić information content (AvgIpc) is 3.09. The molecule has 2 aliphatic heterocycles. The van der Waals surface area contributed by atoms with Gasteiger partial charge in [-0.15, -0.1) is 0 Å². The SMILES string of the molecule is COCCN1CCN(C(=O)C[C@]2(c3ccccc3)CC(=O)N(Cc3cccnc3)C2=O)CC1. The lowest BCUT2D eigenvalue weighted by Gasteiger charge is -2.36. The molecule has 2 aliphatic rings. The maximum Gasteiger partial charge on any atom is 0.241 e. The topological polar surface area (TPSA) is 83.1 Å². The van der Waals surface area contributed by atoms with Gasteiger partial charge in [-0.1, -0.05) is 36.4 Å². The second-order valence-corrected chi connectivity index (χ2v) is 8.66. The molecule has 0 saturated carbocycles. The molecule has 0 radical (unpaired) electrons. The van der Waals surface area contributed by atoms with Crippen LogP contribution in [0.2, 0.25) is 0 Å². The Morgan fingerprint density at radius 3 is 2.48 bits per heavy atom. The van der Waals surface area contributed by atoms with Crippen LogP contribution in [-0.4, -0.2) is 83.8 Å². The van der Waals surface area contributed by atoms with Crippen LogP contribution in [0, 0.1) is 0 Å². The molecule has 1 atom stereocenters. The van der Waals surface area contributed by atoms with Crippen molar-refractivity contribution < 1.29 is 19.1 Å². The largest absolute Gasteiger partial charge is 0.383 e. The third-order valence-electron chi connectivity index (χ3n) is 6.59. The predicted molar refractivity (Wildman–Crippen MR) is 122 cm³/mol. The van der Waals surface area contributed by atoms with Gasteiger partial charge in [-0.25, -0.2) is 0 Å². The lowest BCUT2D eigenvalue weighted by molar-refractivity contribution is -0.143. The Bertz CT molecular complexity index is 976. The van der Waals surface area contributed by atoms with Gasteiger partial charge in [0.2, 0.25) is 17.7 Å². The van der Waals surface area contributed by atoms with Gasteiger partial charge >= 0.3 is 0 Å². The fourth-order valence-corrected chi connectivity index (χ4v) is 4.67. The fourth-order valence-electron chi connectivity index (χ4n) is 4.67. The number of imide groups is 1. The summed E-state index contributed by atoms with van der Waals surface area (Å²) in [5.41, 5.74) is 0.316. The number of piperazine rings is 1. The molecule has 8 nitrogen and oxygen atoms in total. The van der Waals surface area contributed by atoms with Gasteiger partial charge in [0.15, 0.2) is 0 Å². The number of ether oxygens (including phenoxy) is 1. The van der Waals surface area contributed by atoms with Crippen molar-refractivity contribution in [3.63, 3.8) is 0 Å². The second-order valence-electron chi connectivity index (χ2n) is 8.66. The summed E-state index contributed by atoms with van der Waals surface area (Å²) in [5.74, 6) is -0.658. The smallest absolute Gasteiger partial charge is 0.241 e. The van der Waals surface area contributed by atoms with Crippen LogP contribution in [0.15, 0.2) is 54.9 Å². The van der Waals surface area contributed by atoms with Crippen LogP contribution >= 0.6 is 0 Å². The molecule has 1 aromatic heterocycles. The molecular formula is C25H30N4O4. The van der Waals surface area contributed by atoms with Crippen molar-refractivity contribution in [2.45, 2.75) is 24.8 Å². The zero-order valence-corrected chi connectivity index (χ0v) is 19.0. The number of amides is 3. The molecule has 0 spiro atoms. The molecule has 0 bridgehead atoms. The highest BCUT2D eigenvalue weighted by Gasteiger charge is 2.54. The summed E-state index contributed by atoms with van der Waals surface area (Å²) in [5, 5.41) is 0. The summed E-state index contributed by atoms with van der Waals surface area (Å²) in [4.78, 5) is 49.5. The Balaban J connectivity index is 1.53. The van der Waals surface area contributed by atoms with Gasteiger partial charge in [-0.2, -0.15) is 0 Å². The number of carbonyl (C=O) groups is 3. The molecule has 2 aromatic rings. The van der Waals surface area contributed by atoms with E-state index in [1.165, 1.54) is 4.90 Å². The molecule has 33 heavy (non-hydrogen) atoms. The highest BCUT2D eigenvalue weighted by Crippen LogP contribution is 2.41. The van der Waals surface area contributed by atoms with Crippen LogP contribution < -0.4 is 0 Å². The number of likely N-dealkylation sites (tertiary alicyclic amines) is 1.